The van der Waals surface area contributed by atoms with Gasteiger partial charge in [0.05, 0.1) is 36.4 Å². The van der Waals surface area contributed by atoms with Crippen LogP contribution in [-0.4, -0.2) is 122 Å². The van der Waals surface area contributed by atoms with Crippen molar-refractivity contribution in [2.24, 2.45) is 11.8 Å². The Hall–Kier alpha value is -2.28. The lowest BCUT2D eigenvalue weighted by atomic mass is 9.88. The van der Waals surface area contributed by atoms with Crippen LogP contribution in [0.4, 0.5) is 4.79 Å². The monoisotopic (exact) mass is 732 g/mol. The van der Waals surface area contributed by atoms with E-state index in [9.17, 15) is 30.0 Å². The third-order valence-corrected chi connectivity index (χ3v) is 11.8. The Morgan fingerprint density at radius 3 is 2.42 bits per heavy atom. The highest BCUT2D eigenvalue weighted by Gasteiger charge is 2.47. The molecule has 0 aromatic carbocycles. The summed E-state index contributed by atoms with van der Waals surface area (Å²) in [6.45, 7) is 13.7. The van der Waals surface area contributed by atoms with E-state index in [4.69, 9.17) is 14.2 Å². The topological polar surface area (TPSA) is 153 Å². The van der Waals surface area contributed by atoms with Gasteiger partial charge in [-0.1, -0.05) is 77.2 Å². The van der Waals surface area contributed by atoms with Gasteiger partial charge >= 0.3 is 12.1 Å². The van der Waals surface area contributed by atoms with E-state index in [0.717, 1.165) is 13.1 Å². The lowest BCUT2D eigenvalue weighted by molar-refractivity contribution is -0.151. The maximum Gasteiger partial charge on any atom is 0.410 e. The van der Waals surface area contributed by atoms with Crippen molar-refractivity contribution >= 4 is 12.1 Å². The molecule has 3 heterocycles. The molecular weight excluding hydrogens is 664 g/mol. The summed E-state index contributed by atoms with van der Waals surface area (Å²) in [6.07, 6.45) is 14.8. The van der Waals surface area contributed by atoms with Crippen LogP contribution in [-0.2, 0) is 19.0 Å². The second-order valence-electron chi connectivity index (χ2n) is 16.5. The molecule has 3 fully saturated rings. The molecule has 1 aliphatic carbocycles. The number of esters is 1. The Morgan fingerprint density at radius 1 is 1.12 bits per heavy atom. The minimum atomic E-state index is -1.48. The fourth-order valence-corrected chi connectivity index (χ4v) is 8.05. The minimum absolute atomic E-state index is 0.0105. The first-order valence-electron chi connectivity index (χ1n) is 20.0. The number of carbonyl (C=O) groups excluding carboxylic acids is 2. The van der Waals surface area contributed by atoms with Gasteiger partial charge in [-0.3, -0.25) is 9.69 Å². The van der Waals surface area contributed by atoms with Gasteiger partial charge < -0.3 is 39.5 Å². The van der Waals surface area contributed by atoms with Gasteiger partial charge in [0.1, 0.15) is 11.7 Å². The number of cyclic esters (lactones) is 1. The van der Waals surface area contributed by atoms with E-state index in [-0.39, 0.29) is 43.3 Å². The van der Waals surface area contributed by atoms with Gasteiger partial charge in [-0.05, 0) is 64.5 Å². The molecule has 0 radical (unpaired) electrons. The number of nitrogens with zero attached hydrogens (tertiary/aromatic N) is 2. The molecule has 4 aliphatic rings. The summed E-state index contributed by atoms with van der Waals surface area (Å²) in [5.74, 6) is -0.936. The number of piperazine rings is 1. The van der Waals surface area contributed by atoms with Crippen molar-refractivity contribution in [1.82, 2.24) is 9.80 Å². The van der Waals surface area contributed by atoms with Gasteiger partial charge in [-0.2, -0.15) is 0 Å². The fraction of sp³-hybridized carbons (Fsp3) is 0.805. The average Bonchev–Trinajstić information content (AvgIpc) is 3.84. The predicted molar refractivity (Wildman–Crippen MR) is 200 cm³/mol. The molecule has 0 aromatic rings. The number of epoxide rings is 1. The third-order valence-electron chi connectivity index (χ3n) is 11.8. The van der Waals surface area contributed by atoms with Gasteiger partial charge in [0.2, 0.25) is 0 Å². The van der Waals surface area contributed by atoms with Crippen LogP contribution < -0.4 is 0 Å². The lowest BCUT2D eigenvalue weighted by Crippen LogP contribution is -2.53. The van der Waals surface area contributed by atoms with Crippen molar-refractivity contribution in [3.63, 3.8) is 0 Å². The molecule has 296 valence electrons. The Bertz CT molecular complexity index is 1230. The number of rotatable bonds is 10. The second-order valence-corrected chi connectivity index (χ2v) is 16.5. The van der Waals surface area contributed by atoms with Crippen LogP contribution in [0, 0.1) is 11.8 Å². The molecule has 0 unspecified atom stereocenters. The molecular formula is C41H68N2O9. The predicted octanol–water partition coefficient (Wildman–Crippen LogP) is 5.44. The van der Waals surface area contributed by atoms with E-state index >= 15 is 0 Å². The summed E-state index contributed by atoms with van der Waals surface area (Å²) in [5.41, 5.74) is -1.93. The van der Waals surface area contributed by atoms with Crippen LogP contribution in [0.15, 0.2) is 36.0 Å². The molecule has 1 amide bonds. The largest absolute Gasteiger partial charge is 0.457 e. The first kappa shape index (κ1) is 42.5. The second kappa shape index (κ2) is 19.4. The van der Waals surface area contributed by atoms with E-state index < -0.39 is 47.7 Å². The summed E-state index contributed by atoms with van der Waals surface area (Å²) in [6, 6.07) is 0.574. The highest BCUT2D eigenvalue weighted by Crippen LogP contribution is 2.37. The van der Waals surface area contributed by atoms with Crippen LogP contribution >= 0.6 is 0 Å². The zero-order chi connectivity index (χ0) is 38.1. The average molecular weight is 733 g/mol. The van der Waals surface area contributed by atoms with Gasteiger partial charge in [0.25, 0.3) is 0 Å². The maximum atomic E-state index is 13.5. The first-order valence-corrected chi connectivity index (χ1v) is 20.0. The number of carbonyl (C=O) groups is 2. The van der Waals surface area contributed by atoms with Crippen molar-refractivity contribution < 1.29 is 44.2 Å². The molecule has 3 aliphatic heterocycles. The van der Waals surface area contributed by atoms with Crippen LogP contribution in [0.3, 0.4) is 0 Å². The van der Waals surface area contributed by atoms with Crippen LogP contribution in [0.25, 0.3) is 0 Å². The third kappa shape index (κ3) is 12.7. The zero-order valence-corrected chi connectivity index (χ0v) is 32.6. The Kier molecular flexibility index (Phi) is 15.8. The molecule has 11 nitrogen and oxygen atoms in total. The zero-order valence-electron chi connectivity index (χ0n) is 32.6. The molecule has 11 heteroatoms. The molecule has 4 rings (SSSR count). The Morgan fingerprint density at radius 2 is 1.77 bits per heavy atom. The van der Waals surface area contributed by atoms with Gasteiger partial charge in [-0.15, -0.1) is 0 Å². The SMILES string of the molecule is CC[C@H](O)[C@@H](C)[C@H]1O[C@H]1C[C@@](C)(O)/C=C/C=C(\C)[C@H]1OC(=O)C[C@H](O)CC[C@@](C)(O)[C@@H](OC(=O)N2CCN(C3CCCCCCC3)CC2)/C=C/[C@@H]1C. The molecule has 0 spiro atoms. The van der Waals surface area contributed by atoms with E-state index in [0.29, 0.717) is 37.5 Å². The highest BCUT2D eigenvalue weighted by atomic mass is 16.6. The van der Waals surface area contributed by atoms with Crippen LogP contribution in [0.1, 0.15) is 119 Å². The Labute approximate surface area is 312 Å². The summed E-state index contributed by atoms with van der Waals surface area (Å²) in [7, 11) is 0. The van der Waals surface area contributed by atoms with Gasteiger partial charge in [0.15, 0.2) is 6.10 Å². The van der Waals surface area contributed by atoms with E-state index in [1.165, 1.54) is 44.9 Å². The molecule has 0 bridgehead atoms. The summed E-state index contributed by atoms with van der Waals surface area (Å²) < 4.78 is 17.7. The number of hydrogen-bond acceptors (Lipinski definition) is 10. The number of allylic oxidation sites excluding steroid dienone is 2. The lowest BCUT2D eigenvalue weighted by Gasteiger charge is -2.40. The number of amides is 1. The molecule has 1 saturated carbocycles. The molecule has 2 saturated heterocycles. The summed E-state index contributed by atoms with van der Waals surface area (Å²) >= 11 is 0. The molecule has 0 aromatic heterocycles. The number of aliphatic hydroxyl groups is 4. The van der Waals surface area contributed by atoms with Crippen molar-refractivity contribution in [2.45, 2.75) is 172 Å². The van der Waals surface area contributed by atoms with Crippen molar-refractivity contribution in [3.8, 4) is 0 Å². The number of aliphatic hydroxyl groups excluding tert-OH is 2. The van der Waals surface area contributed by atoms with Gasteiger partial charge in [-0.25, -0.2) is 4.79 Å². The minimum Gasteiger partial charge on any atom is -0.457 e. The van der Waals surface area contributed by atoms with Crippen molar-refractivity contribution in [1.29, 1.82) is 0 Å². The summed E-state index contributed by atoms with van der Waals surface area (Å²) in [5, 5.41) is 43.5. The smallest absolute Gasteiger partial charge is 0.410 e. The van der Waals surface area contributed by atoms with Crippen molar-refractivity contribution in [2.75, 3.05) is 26.2 Å². The first-order chi connectivity index (χ1) is 24.6. The normalized spacial score (nSPS) is 35.2. The molecule has 10 atom stereocenters. The Balaban J connectivity index is 1.41. The molecule has 52 heavy (non-hydrogen) atoms. The van der Waals surface area contributed by atoms with E-state index in [1.807, 2.05) is 33.8 Å². The van der Waals surface area contributed by atoms with Crippen LogP contribution in [0.2, 0.25) is 0 Å². The maximum absolute atomic E-state index is 13.5. The quantitative estimate of drug-likeness (QED) is 0.0989. The van der Waals surface area contributed by atoms with E-state index in [2.05, 4.69) is 4.90 Å². The van der Waals surface area contributed by atoms with Crippen LogP contribution in [0.5, 0.6) is 0 Å². The standard InChI is InChI=1S/C41H68N2O9/c1-7-33(45)30(4)38-34(50-38)27-40(5,48)20-13-14-28(2)37-29(3)17-18-35(41(6,49)21-19-32(44)26-36(46)52-37)51-39(47)43-24-22-42(23-25-43)31-15-11-9-8-10-12-16-31/h13-14,17-18,20,29-35,37-38,44-45,48-49H,7-12,15-16,19,21-27H2,1-6H3/b18-17+,20-13+,28-14+/t29-,30+,32+,33-,34-,35-,37+,38+,40-,41+/m0/s1. The highest BCUT2D eigenvalue weighted by molar-refractivity contribution is 5.70. The van der Waals surface area contributed by atoms with Gasteiger partial charge in [0, 0.05) is 50.5 Å². The summed E-state index contributed by atoms with van der Waals surface area (Å²) in [4.78, 5) is 30.7. The number of ether oxygens (including phenoxy) is 3. The van der Waals surface area contributed by atoms with E-state index in [1.54, 1.807) is 43.1 Å². The number of hydrogen-bond donors (Lipinski definition) is 4. The van der Waals surface area contributed by atoms with Crippen molar-refractivity contribution in [3.05, 3.63) is 36.0 Å². The molecule has 4 N–H and O–H groups in total. The fourth-order valence-electron chi connectivity index (χ4n) is 8.05.